The molecule has 3 N–H and O–H groups in total. The highest BCUT2D eigenvalue weighted by atomic mass is 16.7. The zero-order valence-corrected chi connectivity index (χ0v) is 44.7. The van der Waals surface area contributed by atoms with Crippen LogP contribution in [0.1, 0.15) is 239 Å². The van der Waals surface area contributed by atoms with Crippen molar-refractivity contribution in [2.24, 2.45) is 0 Å². The Hall–Kier alpha value is -3.58. The van der Waals surface area contributed by atoms with Crippen LogP contribution in [0, 0.1) is 0 Å². The fraction of sp³-hybridized carbons (Fsp3) is 0.763. The van der Waals surface area contributed by atoms with Gasteiger partial charge in [-0.1, -0.05) is 178 Å². The Morgan fingerprint density at radius 2 is 0.887 bits per heavy atom. The van der Waals surface area contributed by atoms with Gasteiger partial charge in [0.1, 0.15) is 18.8 Å². The number of ether oxygens (including phenoxy) is 5. The summed E-state index contributed by atoms with van der Waals surface area (Å²) in [6.45, 7) is 5.82. The van der Waals surface area contributed by atoms with Gasteiger partial charge in [0.15, 0.2) is 24.6 Å². The zero-order chi connectivity index (χ0) is 51.8. The molecular formula is C59H100O12. The van der Waals surface area contributed by atoms with Crippen molar-refractivity contribution >= 4 is 23.9 Å². The molecule has 408 valence electrons. The number of allylic oxidation sites excluding steroid dienone is 10. The number of hydrogen-bond acceptors (Lipinski definition) is 11. The van der Waals surface area contributed by atoms with Crippen molar-refractivity contribution in [2.45, 2.75) is 276 Å². The molecule has 71 heavy (non-hydrogen) atoms. The first-order chi connectivity index (χ1) is 34.6. The predicted octanol–water partition coefficient (Wildman–Crippen LogP) is 14.0. The number of carbonyl (C=O) groups is 4. The summed E-state index contributed by atoms with van der Waals surface area (Å²) in [4.78, 5) is 51.0. The molecule has 0 radical (unpaired) electrons. The van der Waals surface area contributed by atoms with E-state index in [2.05, 4.69) is 81.5 Å². The molecule has 0 aromatic carbocycles. The molecule has 12 nitrogen and oxygen atoms in total. The van der Waals surface area contributed by atoms with Gasteiger partial charge >= 0.3 is 23.9 Å². The summed E-state index contributed by atoms with van der Waals surface area (Å²) in [6.07, 6.45) is 44.9. The monoisotopic (exact) mass is 1000 g/mol. The Morgan fingerprint density at radius 3 is 1.39 bits per heavy atom. The van der Waals surface area contributed by atoms with Crippen LogP contribution in [-0.2, 0) is 42.9 Å². The average Bonchev–Trinajstić information content (AvgIpc) is 3.35. The minimum atomic E-state index is -1.91. The molecule has 1 aliphatic rings. The number of esters is 3. The lowest BCUT2D eigenvalue weighted by Gasteiger charge is -2.40. The van der Waals surface area contributed by atoms with E-state index in [4.69, 9.17) is 23.7 Å². The summed E-state index contributed by atoms with van der Waals surface area (Å²) in [7, 11) is 0. The van der Waals surface area contributed by atoms with E-state index in [9.17, 15) is 34.5 Å². The van der Waals surface area contributed by atoms with E-state index in [-0.39, 0.29) is 25.9 Å². The highest BCUT2D eigenvalue weighted by Gasteiger charge is 2.50. The Labute approximate surface area is 430 Å². The van der Waals surface area contributed by atoms with E-state index in [0.29, 0.717) is 19.3 Å². The van der Waals surface area contributed by atoms with Gasteiger partial charge in [0.2, 0.25) is 0 Å². The first-order valence-corrected chi connectivity index (χ1v) is 28.3. The van der Waals surface area contributed by atoms with Gasteiger partial charge in [0.05, 0.1) is 6.61 Å². The predicted molar refractivity (Wildman–Crippen MR) is 285 cm³/mol. The molecule has 0 bridgehead atoms. The quantitative estimate of drug-likeness (QED) is 0.0228. The van der Waals surface area contributed by atoms with Gasteiger partial charge in [0.25, 0.3) is 0 Å². The van der Waals surface area contributed by atoms with Gasteiger partial charge in [-0.15, -0.1) is 0 Å². The first-order valence-electron chi connectivity index (χ1n) is 28.3. The molecule has 0 aromatic heterocycles. The second-order valence-corrected chi connectivity index (χ2v) is 19.2. The zero-order valence-electron chi connectivity index (χ0n) is 44.7. The number of rotatable bonds is 47. The maximum Gasteiger partial charge on any atom is 0.335 e. The minimum absolute atomic E-state index is 0.0231. The van der Waals surface area contributed by atoms with Crippen LogP contribution in [0.5, 0.6) is 0 Å². The third-order valence-corrected chi connectivity index (χ3v) is 12.5. The molecule has 0 aromatic rings. The molecule has 12 heteroatoms. The van der Waals surface area contributed by atoms with Crippen LogP contribution in [0.2, 0.25) is 0 Å². The third kappa shape index (κ3) is 37.8. The molecule has 0 spiro atoms. The van der Waals surface area contributed by atoms with Crippen molar-refractivity contribution in [1.82, 2.24) is 0 Å². The summed E-state index contributed by atoms with van der Waals surface area (Å²) in [5.41, 5.74) is 0. The molecule has 1 saturated heterocycles. The van der Waals surface area contributed by atoms with Gasteiger partial charge in [-0.25, -0.2) is 4.79 Å². The lowest BCUT2D eigenvalue weighted by molar-refractivity contribution is -0.301. The highest BCUT2D eigenvalue weighted by Crippen LogP contribution is 2.26. The summed E-state index contributed by atoms with van der Waals surface area (Å²) in [5.74, 6) is -3.18. The summed E-state index contributed by atoms with van der Waals surface area (Å²) in [6, 6.07) is 0. The van der Waals surface area contributed by atoms with Crippen molar-refractivity contribution in [3.63, 3.8) is 0 Å². The topological polar surface area (TPSA) is 175 Å². The molecule has 1 rings (SSSR count). The standard InChI is InChI=1S/C59H100O12/c1-4-7-10-13-16-19-22-25-26-29-30-33-36-39-42-45-51(60)67-48-50(69-52(61)46-43-40-37-34-31-27-23-20-17-14-11-8-5-2)49-68-59-57(55(64)54(63)56(71-59)58(65)66)70-53(62)47-44-41-38-35-32-28-24-21-18-15-12-9-6-3/h9,12,18,20-21,23,25-26,28,32,50,54-57,59,63-64H,4-8,10-11,13-17,19,22,24,27,29-31,33-49H2,1-3H3,(H,65,66)/b12-9-,21-18-,23-20-,26-25-,32-28-. The van der Waals surface area contributed by atoms with Gasteiger partial charge < -0.3 is 39.0 Å². The number of aliphatic hydroxyl groups is 2. The normalized spacial score (nSPS) is 18.9. The largest absolute Gasteiger partial charge is 0.479 e. The Morgan fingerprint density at radius 1 is 0.479 bits per heavy atom. The summed E-state index contributed by atoms with van der Waals surface area (Å²) in [5, 5.41) is 31.4. The maximum absolute atomic E-state index is 13.1. The fourth-order valence-electron chi connectivity index (χ4n) is 8.19. The summed E-state index contributed by atoms with van der Waals surface area (Å²) >= 11 is 0. The Balaban J connectivity index is 2.73. The van der Waals surface area contributed by atoms with Crippen molar-refractivity contribution in [1.29, 1.82) is 0 Å². The third-order valence-electron chi connectivity index (χ3n) is 12.5. The van der Waals surface area contributed by atoms with Crippen molar-refractivity contribution < 1.29 is 58.2 Å². The molecule has 6 atom stereocenters. The van der Waals surface area contributed by atoms with E-state index in [1.807, 2.05) is 0 Å². The number of carboxylic acid groups (broad SMARTS) is 1. The van der Waals surface area contributed by atoms with Crippen molar-refractivity contribution in [3.05, 3.63) is 60.8 Å². The van der Waals surface area contributed by atoms with Crippen LogP contribution in [0.25, 0.3) is 0 Å². The SMILES string of the molecule is CC/C=C\C/C=C\C/C=C\CCCCCC(=O)OC1C(OCC(COC(=O)CCCCCCC/C=C\CCCCCCCC)OC(=O)CCCCCCC/C=C\CCCCCC)OC(C(=O)O)C(O)C1O. The van der Waals surface area contributed by atoms with Gasteiger partial charge in [-0.3, -0.25) is 14.4 Å². The number of carboxylic acids is 1. The van der Waals surface area contributed by atoms with Crippen molar-refractivity contribution in [3.8, 4) is 0 Å². The van der Waals surface area contributed by atoms with Crippen LogP contribution >= 0.6 is 0 Å². The van der Waals surface area contributed by atoms with Crippen LogP contribution in [0.15, 0.2) is 60.8 Å². The van der Waals surface area contributed by atoms with Gasteiger partial charge in [0, 0.05) is 19.3 Å². The van der Waals surface area contributed by atoms with Crippen LogP contribution < -0.4 is 0 Å². The van der Waals surface area contributed by atoms with E-state index in [1.165, 1.54) is 64.2 Å². The smallest absolute Gasteiger partial charge is 0.335 e. The maximum atomic E-state index is 13.1. The van der Waals surface area contributed by atoms with E-state index < -0.39 is 67.3 Å². The van der Waals surface area contributed by atoms with Gasteiger partial charge in [-0.05, 0) is 103 Å². The molecule has 1 aliphatic heterocycles. The average molecular weight is 1000 g/mol. The lowest BCUT2D eigenvalue weighted by Crippen LogP contribution is -2.61. The fourth-order valence-corrected chi connectivity index (χ4v) is 8.19. The number of carbonyl (C=O) groups excluding carboxylic acids is 3. The number of aliphatic hydroxyl groups excluding tert-OH is 2. The van der Waals surface area contributed by atoms with Gasteiger partial charge in [-0.2, -0.15) is 0 Å². The van der Waals surface area contributed by atoms with E-state index in [1.54, 1.807) is 0 Å². The molecule has 1 heterocycles. The Bertz CT molecular complexity index is 1470. The number of aliphatic carboxylic acids is 1. The Kier molecular flexibility index (Phi) is 43.7. The molecule has 0 saturated carbocycles. The second kappa shape index (κ2) is 47.4. The highest BCUT2D eigenvalue weighted by molar-refractivity contribution is 5.74. The number of hydrogen-bond donors (Lipinski definition) is 3. The molecule has 6 unspecified atom stereocenters. The van der Waals surface area contributed by atoms with Crippen LogP contribution in [0.4, 0.5) is 0 Å². The van der Waals surface area contributed by atoms with E-state index >= 15 is 0 Å². The summed E-state index contributed by atoms with van der Waals surface area (Å²) < 4.78 is 28.3. The van der Waals surface area contributed by atoms with E-state index in [0.717, 1.165) is 116 Å². The molecule has 1 fully saturated rings. The molecule has 0 amide bonds. The minimum Gasteiger partial charge on any atom is -0.479 e. The molecule has 0 aliphatic carbocycles. The second-order valence-electron chi connectivity index (χ2n) is 19.2. The van der Waals surface area contributed by atoms with Crippen LogP contribution in [-0.4, -0.2) is 89.2 Å². The van der Waals surface area contributed by atoms with Crippen molar-refractivity contribution in [2.75, 3.05) is 13.2 Å². The van der Waals surface area contributed by atoms with Crippen LogP contribution in [0.3, 0.4) is 0 Å². The lowest BCUT2D eigenvalue weighted by atomic mass is 9.98. The molecular weight excluding hydrogens is 901 g/mol. The number of unbranched alkanes of at least 4 members (excludes halogenated alkanes) is 23. The first kappa shape index (κ1) is 65.4.